The summed E-state index contributed by atoms with van der Waals surface area (Å²) in [6, 6.07) is 6.11. The van der Waals surface area contributed by atoms with Crippen molar-refractivity contribution in [1.82, 2.24) is 10.3 Å². The fraction of sp³-hybridized carbons (Fsp3) is 0.250. The minimum atomic E-state index is -0.658. The lowest BCUT2D eigenvalue weighted by molar-refractivity contribution is 0.0938. The zero-order valence-electron chi connectivity index (χ0n) is 12.2. The summed E-state index contributed by atoms with van der Waals surface area (Å²) < 4.78 is 27.1. The Morgan fingerprint density at radius 1 is 1.23 bits per heavy atom. The highest BCUT2D eigenvalue weighted by molar-refractivity contribution is 5.93. The van der Waals surface area contributed by atoms with Crippen molar-refractivity contribution in [3.63, 3.8) is 0 Å². The number of carbonyl (C=O) groups excluding carboxylic acids is 1. The summed E-state index contributed by atoms with van der Waals surface area (Å²) in [6.45, 7) is 3.32. The van der Waals surface area contributed by atoms with Gasteiger partial charge in [-0.05, 0) is 44.5 Å². The lowest BCUT2D eigenvalue weighted by Gasteiger charge is -2.14. The second-order valence-electron chi connectivity index (χ2n) is 5.16. The first kappa shape index (κ1) is 15.9. The van der Waals surface area contributed by atoms with Gasteiger partial charge in [0.25, 0.3) is 11.5 Å². The Bertz CT molecular complexity index is 736. The standard InChI is InChI=1S/C16H16F2N2O2/c1-9-6-7-11(15(21)19-9)16(22)20-10(2)8-12-13(17)4-3-5-14(12)18/h3-7,10H,8H2,1-2H3,(H,19,21)(H,20,22)/t10-/m0/s1. The highest BCUT2D eigenvalue weighted by atomic mass is 19.1. The van der Waals surface area contributed by atoms with E-state index in [9.17, 15) is 18.4 Å². The smallest absolute Gasteiger partial charge is 0.260 e. The molecule has 0 bridgehead atoms. The maximum atomic E-state index is 13.6. The van der Waals surface area contributed by atoms with E-state index in [1.54, 1.807) is 19.9 Å². The van der Waals surface area contributed by atoms with Gasteiger partial charge >= 0.3 is 0 Å². The predicted molar refractivity (Wildman–Crippen MR) is 78.8 cm³/mol. The van der Waals surface area contributed by atoms with Crippen LogP contribution in [0.5, 0.6) is 0 Å². The van der Waals surface area contributed by atoms with Crippen LogP contribution < -0.4 is 10.9 Å². The molecule has 0 fully saturated rings. The van der Waals surface area contributed by atoms with Crippen LogP contribution in [0.15, 0.2) is 35.1 Å². The Morgan fingerprint density at radius 2 is 1.86 bits per heavy atom. The summed E-state index contributed by atoms with van der Waals surface area (Å²) in [6.07, 6.45) is -0.00594. The van der Waals surface area contributed by atoms with Gasteiger partial charge in [0.15, 0.2) is 0 Å². The number of hydrogen-bond donors (Lipinski definition) is 2. The minimum absolute atomic E-state index is 0.00594. The molecule has 2 rings (SSSR count). The van der Waals surface area contributed by atoms with Crippen molar-refractivity contribution >= 4 is 5.91 Å². The summed E-state index contributed by atoms with van der Waals surface area (Å²) in [4.78, 5) is 26.2. The van der Waals surface area contributed by atoms with Crippen molar-refractivity contribution in [1.29, 1.82) is 0 Å². The fourth-order valence-electron chi connectivity index (χ4n) is 2.14. The summed E-state index contributed by atoms with van der Waals surface area (Å²) >= 11 is 0. The average molecular weight is 306 g/mol. The van der Waals surface area contributed by atoms with Gasteiger partial charge in [-0.2, -0.15) is 0 Å². The van der Waals surface area contributed by atoms with Gasteiger partial charge in [-0.15, -0.1) is 0 Å². The van der Waals surface area contributed by atoms with E-state index in [1.807, 2.05) is 0 Å². The molecule has 0 saturated carbocycles. The number of benzene rings is 1. The van der Waals surface area contributed by atoms with Gasteiger partial charge in [-0.1, -0.05) is 6.07 Å². The lowest BCUT2D eigenvalue weighted by atomic mass is 10.1. The molecule has 1 aromatic carbocycles. The molecule has 0 saturated heterocycles. The number of rotatable bonds is 4. The van der Waals surface area contributed by atoms with Crippen LogP contribution in [-0.2, 0) is 6.42 Å². The topological polar surface area (TPSA) is 62.0 Å². The Balaban J connectivity index is 2.10. The SMILES string of the molecule is Cc1ccc(C(=O)N[C@@H](C)Cc2c(F)cccc2F)c(=O)[nH]1. The molecule has 1 atom stereocenters. The highest BCUT2D eigenvalue weighted by Crippen LogP contribution is 2.14. The third-order valence-electron chi connectivity index (χ3n) is 3.25. The number of carbonyl (C=O) groups is 1. The van der Waals surface area contributed by atoms with Crippen LogP contribution >= 0.6 is 0 Å². The molecule has 1 amide bonds. The molecular weight excluding hydrogens is 290 g/mol. The molecule has 0 aliphatic heterocycles. The van der Waals surface area contributed by atoms with Gasteiger partial charge in [0.05, 0.1) is 0 Å². The Kier molecular flexibility index (Phi) is 4.70. The van der Waals surface area contributed by atoms with Crippen molar-refractivity contribution in [2.45, 2.75) is 26.3 Å². The van der Waals surface area contributed by atoms with Crippen LogP contribution in [-0.4, -0.2) is 16.9 Å². The Labute approximate surface area is 126 Å². The molecule has 4 nitrogen and oxygen atoms in total. The van der Waals surface area contributed by atoms with Crippen molar-refractivity contribution < 1.29 is 13.6 Å². The molecule has 0 aliphatic rings. The summed E-state index contributed by atoms with van der Waals surface area (Å²) in [5, 5.41) is 2.57. The lowest BCUT2D eigenvalue weighted by Crippen LogP contribution is -2.37. The molecular formula is C16H16F2N2O2. The first-order chi connectivity index (χ1) is 10.4. The van der Waals surface area contributed by atoms with E-state index < -0.39 is 29.1 Å². The minimum Gasteiger partial charge on any atom is -0.349 e. The molecule has 22 heavy (non-hydrogen) atoms. The third kappa shape index (κ3) is 3.58. The molecule has 2 aromatic rings. The number of aryl methyl sites for hydroxylation is 1. The second kappa shape index (κ2) is 6.51. The molecule has 0 spiro atoms. The first-order valence-corrected chi connectivity index (χ1v) is 6.82. The van der Waals surface area contributed by atoms with Crippen LogP contribution in [0, 0.1) is 18.6 Å². The average Bonchev–Trinajstić information content (AvgIpc) is 2.42. The van der Waals surface area contributed by atoms with Crippen molar-refractivity contribution in [2.75, 3.05) is 0 Å². The van der Waals surface area contributed by atoms with Crippen LogP contribution in [0.1, 0.15) is 28.5 Å². The maximum Gasteiger partial charge on any atom is 0.260 e. The Morgan fingerprint density at radius 3 is 2.45 bits per heavy atom. The summed E-state index contributed by atoms with van der Waals surface area (Å²) in [5.41, 5.74) is 0.0179. The van der Waals surface area contributed by atoms with Crippen LogP contribution in [0.3, 0.4) is 0 Å². The molecule has 1 heterocycles. The molecule has 0 aliphatic carbocycles. The fourth-order valence-corrected chi connectivity index (χ4v) is 2.14. The van der Waals surface area contributed by atoms with Crippen molar-refractivity contribution in [3.8, 4) is 0 Å². The zero-order valence-corrected chi connectivity index (χ0v) is 12.2. The number of H-pyrrole nitrogens is 1. The van der Waals surface area contributed by atoms with Gasteiger partial charge in [-0.3, -0.25) is 9.59 Å². The largest absolute Gasteiger partial charge is 0.349 e. The van der Waals surface area contributed by atoms with E-state index in [4.69, 9.17) is 0 Å². The van der Waals surface area contributed by atoms with Crippen LogP contribution in [0.25, 0.3) is 0 Å². The van der Waals surface area contributed by atoms with E-state index in [1.165, 1.54) is 12.1 Å². The molecule has 0 unspecified atom stereocenters. The van der Waals surface area contributed by atoms with Gasteiger partial charge in [0.1, 0.15) is 17.2 Å². The number of aromatic amines is 1. The number of halogens is 2. The zero-order chi connectivity index (χ0) is 16.3. The number of nitrogens with one attached hydrogen (secondary N) is 2. The van der Waals surface area contributed by atoms with Gasteiger partial charge < -0.3 is 10.3 Å². The first-order valence-electron chi connectivity index (χ1n) is 6.82. The van der Waals surface area contributed by atoms with E-state index in [0.717, 1.165) is 12.1 Å². The number of pyridine rings is 1. The monoisotopic (exact) mass is 306 g/mol. The van der Waals surface area contributed by atoms with E-state index in [2.05, 4.69) is 10.3 Å². The van der Waals surface area contributed by atoms with Crippen molar-refractivity contribution in [3.05, 3.63) is 69.1 Å². The summed E-state index contributed by atoms with van der Waals surface area (Å²) in [5.74, 6) is -1.89. The number of amides is 1. The number of aromatic nitrogens is 1. The maximum absolute atomic E-state index is 13.6. The second-order valence-corrected chi connectivity index (χ2v) is 5.16. The third-order valence-corrected chi connectivity index (χ3v) is 3.25. The summed E-state index contributed by atoms with van der Waals surface area (Å²) in [7, 11) is 0. The Hall–Kier alpha value is -2.50. The van der Waals surface area contributed by atoms with E-state index in [0.29, 0.717) is 5.69 Å². The van der Waals surface area contributed by atoms with Crippen LogP contribution in [0.4, 0.5) is 8.78 Å². The normalized spacial score (nSPS) is 12.0. The van der Waals surface area contributed by atoms with E-state index in [-0.39, 0.29) is 17.5 Å². The van der Waals surface area contributed by atoms with Crippen molar-refractivity contribution in [2.24, 2.45) is 0 Å². The quantitative estimate of drug-likeness (QED) is 0.910. The molecule has 6 heteroatoms. The van der Waals surface area contributed by atoms with Gasteiger partial charge in [0.2, 0.25) is 0 Å². The predicted octanol–water partition coefficient (Wildman–Crippen LogP) is 2.32. The van der Waals surface area contributed by atoms with Gasteiger partial charge in [-0.25, -0.2) is 8.78 Å². The molecule has 2 N–H and O–H groups in total. The van der Waals surface area contributed by atoms with Crippen LogP contribution in [0.2, 0.25) is 0 Å². The van der Waals surface area contributed by atoms with Gasteiger partial charge in [0, 0.05) is 17.3 Å². The number of hydrogen-bond acceptors (Lipinski definition) is 2. The molecule has 0 radical (unpaired) electrons. The highest BCUT2D eigenvalue weighted by Gasteiger charge is 2.16. The van der Waals surface area contributed by atoms with E-state index >= 15 is 0 Å². The molecule has 116 valence electrons. The molecule has 1 aromatic heterocycles.